The minimum Gasteiger partial charge on any atom is -0.411 e. The quantitative estimate of drug-likeness (QED) is 0.0792. The molecule has 0 fully saturated rings. The molecule has 0 aliphatic carbocycles. The molecule has 0 saturated carbocycles. The first-order chi connectivity index (χ1) is 17.6. The molecule has 0 unspecified atom stereocenters. The second-order valence-electron chi connectivity index (χ2n) is 12.2. The molecule has 0 N–H and O–H groups in total. The minimum absolute atomic E-state index is 0.0920. The molecular weight excluding hydrogens is 530 g/mol. The van der Waals surface area contributed by atoms with E-state index in [-0.39, 0.29) is 34.2 Å². The molecule has 0 saturated heterocycles. The first kappa shape index (κ1) is 35.1. The maximum absolute atomic E-state index is 16.6. The molecule has 4 nitrogen and oxygen atoms in total. The third kappa shape index (κ3) is 9.91. The molecule has 218 valence electrons. The number of nitrogens with zero attached hydrogens (tertiary/aromatic N) is 1. The van der Waals surface area contributed by atoms with Crippen LogP contribution in [0.5, 0.6) is 0 Å². The van der Waals surface area contributed by atoms with Crippen LogP contribution < -0.4 is 0 Å². The van der Waals surface area contributed by atoms with Crippen LogP contribution in [0, 0.1) is 12.8 Å². The Labute approximate surface area is 239 Å². The third-order valence-electron chi connectivity index (χ3n) is 7.49. The Kier molecular flexibility index (Phi) is 14.5. The lowest BCUT2D eigenvalue weighted by atomic mass is 10.0. The Morgan fingerprint density at radius 3 is 2.05 bits per heavy atom. The largest absolute Gasteiger partial charge is 0.411 e. The molecule has 1 rings (SSSR count). The van der Waals surface area contributed by atoms with Gasteiger partial charge in [0.25, 0.3) is 0 Å². The van der Waals surface area contributed by atoms with Gasteiger partial charge in [-0.15, -0.1) is 11.3 Å². The summed E-state index contributed by atoms with van der Waals surface area (Å²) in [6, 6.07) is 0. The summed E-state index contributed by atoms with van der Waals surface area (Å²) in [5.74, 6) is 0.0959. The monoisotopic (exact) mass is 583 g/mol. The number of hydrogen-bond donors (Lipinski definition) is 0. The molecular formula is C30H54FNO3SSi2. The molecule has 2 atom stereocenters. The normalized spacial score (nSPS) is 15.7. The van der Waals surface area contributed by atoms with Crippen LogP contribution in [0.25, 0.3) is 6.08 Å². The predicted molar refractivity (Wildman–Crippen MR) is 167 cm³/mol. The third-order valence-corrected chi connectivity index (χ3v) is 17.8. The predicted octanol–water partition coefficient (Wildman–Crippen LogP) is 10.1. The van der Waals surface area contributed by atoms with E-state index in [1.807, 2.05) is 41.5 Å². The van der Waals surface area contributed by atoms with Crippen LogP contribution in [0.2, 0.25) is 22.2 Å². The van der Waals surface area contributed by atoms with Gasteiger partial charge in [-0.05, 0) is 69.2 Å². The van der Waals surface area contributed by atoms with Gasteiger partial charge in [0.05, 0.1) is 16.8 Å². The summed E-state index contributed by atoms with van der Waals surface area (Å²) >= 11 is 1.63. The second kappa shape index (κ2) is 15.7. The van der Waals surface area contributed by atoms with Crippen LogP contribution in [-0.2, 0) is 13.3 Å². The van der Waals surface area contributed by atoms with E-state index in [0.29, 0.717) is 6.42 Å². The van der Waals surface area contributed by atoms with Gasteiger partial charge in [-0.2, -0.15) is 0 Å². The van der Waals surface area contributed by atoms with Gasteiger partial charge in [0.2, 0.25) is 0 Å². The Bertz CT molecular complexity index is 910. The molecule has 0 radical (unpaired) electrons. The Balaban J connectivity index is 3.44. The average Bonchev–Trinajstić information content (AvgIpc) is 3.24. The van der Waals surface area contributed by atoms with E-state index < -0.39 is 17.2 Å². The fourth-order valence-corrected chi connectivity index (χ4v) is 15.3. The molecule has 0 aliphatic rings. The van der Waals surface area contributed by atoms with Crippen molar-refractivity contribution in [2.45, 2.75) is 137 Å². The van der Waals surface area contributed by atoms with Crippen molar-refractivity contribution in [3.63, 3.8) is 0 Å². The van der Waals surface area contributed by atoms with E-state index in [1.54, 1.807) is 11.3 Å². The standard InChI is InChI=1S/C30H54FNO3SSi2/c1-21(2)37(31,22(3)4)35-38(23(5)6,24(7)8)34-30(27(11)18-29-20-36-28(12)32-29)17-16-25(9)14-13-15-26(10)19-33/h16,18-24,26,30H,13-15,17H2,1-12H3/b25-16-,27-18+/t26-,30-/m0/s1. The number of aromatic nitrogens is 1. The summed E-state index contributed by atoms with van der Waals surface area (Å²) < 4.78 is 30.6. The molecule has 0 spiro atoms. The lowest BCUT2D eigenvalue weighted by Crippen LogP contribution is -2.59. The van der Waals surface area contributed by atoms with Gasteiger partial charge < -0.3 is 13.3 Å². The zero-order chi connectivity index (χ0) is 29.3. The summed E-state index contributed by atoms with van der Waals surface area (Å²) in [4.78, 5) is 15.6. The lowest BCUT2D eigenvalue weighted by Gasteiger charge is -2.46. The first-order valence-electron chi connectivity index (χ1n) is 14.4. The van der Waals surface area contributed by atoms with Crippen molar-refractivity contribution >= 4 is 40.9 Å². The Hall–Kier alpha value is -0.936. The van der Waals surface area contributed by atoms with Crippen LogP contribution in [0.15, 0.2) is 22.6 Å². The number of thiazole rings is 1. The van der Waals surface area contributed by atoms with Crippen molar-refractivity contribution < 1.29 is 17.4 Å². The summed E-state index contributed by atoms with van der Waals surface area (Å²) in [7, 11) is -6.56. The van der Waals surface area contributed by atoms with Gasteiger partial charge in [0, 0.05) is 22.4 Å². The van der Waals surface area contributed by atoms with Crippen molar-refractivity contribution in [2.24, 2.45) is 5.92 Å². The number of hydrogen-bond acceptors (Lipinski definition) is 5. The van der Waals surface area contributed by atoms with Crippen molar-refractivity contribution in [1.29, 1.82) is 0 Å². The van der Waals surface area contributed by atoms with Crippen molar-refractivity contribution in [3.05, 3.63) is 33.3 Å². The second-order valence-corrected chi connectivity index (χ2v) is 21.8. The topological polar surface area (TPSA) is 48.4 Å². The molecule has 38 heavy (non-hydrogen) atoms. The summed E-state index contributed by atoms with van der Waals surface area (Å²) in [6.45, 7) is 24.6. The fraction of sp³-hybridized carbons (Fsp3) is 0.733. The maximum Gasteiger partial charge on any atom is 0.380 e. The van der Waals surface area contributed by atoms with E-state index in [4.69, 9.17) is 8.54 Å². The number of aryl methyl sites for hydroxylation is 1. The average molecular weight is 584 g/mol. The highest BCUT2D eigenvalue weighted by atomic mass is 32.1. The van der Waals surface area contributed by atoms with Crippen LogP contribution in [0.3, 0.4) is 0 Å². The summed E-state index contributed by atoms with van der Waals surface area (Å²) in [6.07, 6.45) is 8.69. The number of carbonyl (C=O) groups is 1. The van der Waals surface area contributed by atoms with E-state index >= 15 is 4.11 Å². The fourth-order valence-electron chi connectivity index (χ4n) is 4.85. The van der Waals surface area contributed by atoms with E-state index in [9.17, 15) is 4.79 Å². The van der Waals surface area contributed by atoms with Crippen LogP contribution in [0.1, 0.15) is 113 Å². The number of carbonyl (C=O) groups excluding carboxylic acids is 1. The van der Waals surface area contributed by atoms with Crippen LogP contribution in [0.4, 0.5) is 4.11 Å². The first-order valence-corrected chi connectivity index (χ1v) is 19.2. The van der Waals surface area contributed by atoms with Gasteiger partial charge in [0.15, 0.2) is 0 Å². The highest BCUT2D eigenvalue weighted by molar-refractivity contribution is 7.09. The van der Waals surface area contributed by atoms with Gasteiger partial charge in [0.1, 0.15) is 6.29 Å². The zero-order valence-electron chi connectivity index (χ0n) is 26.1. The van der Waals surface area contributed by atoms with Gasteiger partial charge in [-0.3, -0.25) is 4.11 Å². The van der Waals surface area contributed by atoms with E-state index in [0.717, 1.165) is 41.8 Å². The number of rotatable bonds is 17. The highest BCUT2D eigenvalue weighted by Gasteiger charge is 2.56. The molecule has 0 aromatic carbocycles. The molecule has 1 heterocycles. The summed E-state index contributed by atoms with van der Waals surface area (Å²) in [5.41, 5.74) is 3.18. The molecule has 0 aliphatic heterocycles. The van der Waals surface area contributed by atoms with Gasteiger partial charge in [-0.1, -0.05) is 74.0 Å². The Morgan fingerprint density at radius 1 is 1.03 bits per heavy atom. The highest BCUT2D eigenvalue weighted by Crippen LogP contribution is 2.45. The smallest absolute Gasteiger partial charge is 0.380 e. The van der Waals surface area contributed by atoms with E-state index in [2.05, 4.69) is 64.1 Å². The maximum atomic E-state index is 16.6. The van der Waals surface area contributed by atoms with Crippen molar-refractivity contribution in [3.8, 4) is 0 Å². The molecule has 0 amide bonds. The van der Waals surface area contributed by atoms with Gasteiger partial charge >= 0.3 is 17.2 Å². The summed E-state index contributed by atoms with van der Waals surface area (Å²) in [5, 5.41) is 3.09. The number of halogens is 1. The van der Waals surface area contributed by atoms with Crippen LogP contribution in [-0.4, -0.2) is 34.6 Å². The molecule has 1 aromatic heterocycles. The molecule has 0 bridgehead atoms. The lowest BCUT2D eigenvalue weighted by molar-refractivity contribution is -0.110. The minimum atomic E-state index is -3.55. The molecule has 8 heteroatoms. The number of allylic oxidation sites excluding steroid dienone is 1. The zero-order valence-corrected chi connectivity index (χ0v) is 28.9. The van der Waals surface area contributed by atoms with Crippen LogP contribution >= 0.6 is 11.3 Å². The number of aldehydes is 1. The van der Waals surface area contributed by atoms with Crippen molar-refractivity contribution in [1.82, 2.24) is 4.98 Å². The molecule has 1 aromatic rings. The van der Waals surface area contributed by atoms with E-state index in [1.165, 1.54) is 5.57 Å². The van der Waals surface area contributed by atoms with Gasteiger partial charge in [-0.25, -0.2) is 4.98 Å². The Morgan fingerprint density at radius 2 is 1.61 bits per heavy atom. The van der Waals surface area contributed by atoms with Crippen molar-refractivity contribution in [2.75, 3.05) is 0 Å². The SMILES string of the molecule is C/C(=C/C[C@H](O[Si](O[Si](F)(C(C)C)C(C)C)(C(C)C)C(C)C)/C(C)=C/c1csc(C)n1)CCC[C@H](C)C=O.